The molecule has 2 aliphatic heterocycles. The quantitative estimate of drug-likeness (QED) is 0.700. The van der Waals surface area contributed by atoms with Crippen LogP contribution in [0.5, 0.6) is 11.5 Å². The molecule has 3 amide bonds. The first kappa shape index (κ1) is 23.6. The molecule has 34 heavy (non-hydrogen) atoms. The van der Waals surface area contributed by atoms with E-state index in [0.29, 0.717) is 41.2 Å². The van der Waals surface area contributed by atoms with Crippen LogP contribution >= 0.6 is 0 Å². The predicted octanol–water partition coefficient (Wildman–Crippen LogP) is 2.46. The summed E-state index contributed by atoms with van der Waals surface area (Å²) in [5, 5.41) is 5.45. The Morgan fingerprint density at radius 3 is 2.62 bits per heavy atom. The zero-order valence-electron chi connectivity index (χ0n) is 19.5. The highest BCUT2D eigenvalue weighted by molar-refractivity contribution is 6.05. The highest BCUT2D eigenvalue weighted by Gasteiger charge is 2.39. The van der Waals surface area contributed by atoms with Gasteiger partial charge in [-0.2, -0.15) is 0 Å². The summed E-state index contributed by atoms with van der Waals surface area (Å²) in [5.74, 6) is 0.508. The van der Waals surface area contributed by atoms with Gasteiger partial charge in [0.05, 0.1) is 31.2 Å². The molecule has 0 unspecified atom stereocenters. The van der Waals surface area contributed by atoms with Gasteiger partial charge in [-0.3, -0.25) is 14.4 Å². The summed E-state index contributed by atoms with van der Waals surface area (Å²) in [5.41, 5.74) is 1.34. The van der Waals surface area contributed by atoms with E-state index >= 15 is 0 Å². The molecule has 0 spiro atoms. The Hall–Kier alpha value is -3.59. The van der Waals surface area contributed by atoms with E-state index in [-0.39, 0.29) is 49.0 Å². The van der Waals surface area contributed by atoms with Gasteiger partial charge in [-0.15, -0.1) is 0 Å². The van der Waals surface area contributed by atoms with Crippen LogP contribution in [-0.4, -0.2) is 68.7 Å². The topological polar surface area (TPSA) is 106 Å². The number of nitrogens with one attached hydrogen (secondary N) is 2. The SMILES string of the molecule is CNC(=O)C[C@@H]1CC[C@@H]2[C@H](COc3ccc(NC(=O)c4ccc(OC)cc4)cc3C(=O)N2C)O1. The van der Waals surface area contributed by atoms with E-state index in [2.05, 4.69) is 10.6 Å². The highest BCUT2D eigenvalue weighted by atomic mass is 16.5. The average molecular weight is 468 g/mol. The number of amides is 3. The minimum atomic E-state index is -0.333. The van der Waals surface area contributed by atoms with Crippen molar-refractivity contribution >= 4 is 23.4 Å². The van der Waals surface area contributed by atoms with E-state index in [1.165, 1.54) is 0 Å². The number of rotatable bonds is 5. The minimum Gasteiger partial charge on any atom is -0.497 e. The van der Waals surface area contributed by atoms with Gasteiger partial charge in [0, 0.05) is 25.3 Å². The summed E-state index contributed by atoms with van der Waals surface area (Å²) in [6.45, 7) is 0.261. The van der Waals surface area contributed by atoms with Crippen LogP contribution in [0.3, 0.4) is 0 Å². The van der Waals surface area contributed by atoms with Crippen molar-refractivity contribution in [2.75, 3.05) is 33.1 Å². The second-order valence-corrected chi connectivity index (χ2v) is 8.44. The fourth-order valence-corrected chi connectivity index (χ4v) is 4.36. The van der Waals surface area contributed by atoms with Crippen LogP contribution in [0.4, 0.5) is 5.69 Å². The van der Waals surface area contributed by atoms with Crippen molar-refractivity contribution in [1.29, 1.82) is 0 Å². The summed E-state index contributed by atoms with van der Waals surface area (Å²) in [7, 11) is 4.91. The van der Waals surface area contributed by atoms with Crippen LogP contribution in [0.25, 0.3) is 0 Å². The summed E-state index contributed by atoms with van der Waals surface area (Å²) in [6, 6.07) is 11.6. The predicted molar refractivity (Wildman–Crippen MR) is 125 cm³/mol. The van der Waals surface area contributed by atoms with E-state index < -0.39 is 0 Å². The molecule has 0 aliphatic carbocycles. The number of carbonyl (C=O) groups excluding carboxylic acids is 3. The maximum absolute atomic E-state index is 13.3. The van der Waals surface area contributed by atoms with Crippen LogP contribution in [0.2, 0.25) is 0 Å². The standard InChI is InChI=1S/C25H29N3O6/c1-26-23(29)13-18-9-10-20-22(34-18)14-33-21-11-6-16(12-19(21)25(31)28(20)2)27-24(30)15-4-7-17(32-3)8-5-15/h4-8,11-12,18,20,22H,9-10,13-14H2,1-3H3,(H,26,29)(H,27,30)/t18-,20+,22-/m0/s1. The molecule has 3 atom stereocenters. The first-order valence-corrected chi connectivity index (χ1v) is 11.2. The number of carbonyl (C=O) groups is 3. The van der Waals surface area contributed by atoms with Gasteiger partial charge in [0.25, 0.3) is 11.8 Å². The Bertz CT molecular complexity index is 1070. The third-order valence-corrected chi connectivity index (χ3v) is 6.31. The van der Waals surface area contributed by atoms with E-state index in [9.17, 15) is 14.4 Å². The van der Waals surface area contributed by atoms with E-state index in [4.69, 9.17) is 14.2 Å². The highest BCUT2D eigenvalue weighted by Crippen LogP contribution is 2.32. The molecular formula is C25H29N3O6. The largest absolute Gasteiger partial charge is 0.497 e. The van der Waals surface area contributed by atoms with Crippen LogP contribution in [-0.2, 0) is 9.53 Å². The lowest BCUT2D eigenvalue weighted by Crippen LogP contribution is -2.53. The molecule has 9 nitrogen and oxygen atoms in total. The van der Waals surface area contributed by atoms with Gasteiger partial charge < -0.3 is 29.7 Å². The summed E-state index contributed by atoms with van der Waals surface area (Å²) in [6.07, 6.45) is 1.13. The first-order valence-electron chi connectivity index (χ1n) is 11.2. The monoisotopic (exact) mass is 467 g/mol. The van der Waals surface area contributed by atoms with Gasteiger partial charge in [0.2, 0.25) is 5.91 Å². The zero-order valence-corrected chi connectivity index (χ0v) is 19.5. The van der Waals surface area contributed by atoms with Crippen molar-refractivity contribution < 1.29 is 28.6 Å². The molecule has 0 aromatic heterocycles. The number of methoxy groups -OCH3 is 1. The fraction of sp³-hybridized carbons (Fsp3) is 0.400. The van der Waals surface area contributed by atoms with Gasteiger partial charge >= 0.3 is 0 Å². The van der Waals surface area contributed by atoms with Gasteiger partial charge in [-0.05, 0) is 55.3 Å². The molecule has 2 N–H and O–H groups in total. The van der Waals surface area contributed by atoms with Crippen molar-refractivity contribution in [3.63, 3.8) is 0 Å². The molecule has 2 aromatic carbocycles. The number of ether oxygens (including phenoxy) is 3. The number of hydrogen-bond acceptors (Lipinski definition) is 6. The molecule has 9 heteroatoms. The van der Waals surface area contributed by atoms with Crippen molar-refractivity contribution in [2.45, 2.75) is 37.5 Å². The van der Waals surface area contributed by atoms with E-state index in [1.54, 1.807) is 68.6 Å². The van der Waals surface area contributed by atoms with E-state index in [1.807, 2.05) is 0 Å². The molecule has 2 aromatic rings. The minimum absolute atomic E-state index is 0.0748. The first-order chi connectivity index (χ1) is 16.4. The molecule has 4 rings (SSSR count). The van der Waals surface area contributed by atoms with Crippen molar-refractivity contribution in [1.82, 2.24) is 10.2 Å². The molecule has 1 saturated heterocycles. The summed E-state index contributed by atoms with van der Waals surface area (Å²) >= 11 is 0. The van der Waals surface area contributed by atoms with Gasteiger partial charge in [0.15, 0.2) is 0 Å². The second-order valence-electron chi connectivity index (χ2n) is 8.44. The van der Waals surface area contributed by atoms with Crippen LogP contribution < -0.4 is 20.1 Å². The number of fused-ring (bicyclic) bond motifs is 2. The molecule has 0 bridgehead atoms. The van der Waals surface area contributed by atoms with Crippen LogP contribution in [0, 0.1) is 0 Å². The molecular weight excluding hydrogens is 438 g/mol. The second kappa shape index (κ2) is 10.1. The molecule has 1 fully saturated rings. The summed E-state index contributed by atoms with van der Waals surface area (Å²) in [4.78, 5) is 39.4. The van der Waals surface area contributed by atoms with Crippen molar-refractivity contribution in [3.05, 3.63) is 53.6 Å². The number of likely N-dealkylation sites (N-methyl/N-ethyl adjacent to an activating group) is 1. The Kier molecular flexibility index (Phi) is 7.02. The average Bonchev–Trinajstić information content (AvgIpc) is 2.86. The van der Waals surface area contributed by atoms with Crippen LogP contribution in [0.1, 0.15) is 40.0 Å². The molecule has 0 radical (unpaired) electrons. The molecule has 2 heterocycles. The zero-order chi connectivity index (χ0) is 24.2. The fourth-order valence-electron chi connectivity index (χ4n) is 4.36. The number of hydrogen-bond donors (Lipinski definition) is 2. The Balaban J connectivity index is 1.50. The maximum atomic E-state index is 13.3. The lowest BCUT2D eigenvalue weighted by molar-refractivity contribution is -0.133. The maximum Gasteiger partial charge on any atom is 0.257 e. The number of benzene rings is 2. The van der Waals surface area contributed by atoms with Crippen molar-refractivity contribution in [2.24, 2.45) is 0 Å². The molecule has 180 valence electrons. The van der Waals surface area contributed by atoms with E-state index in [0.717, 1.165) is 0 Å². The number of anilines is 1. The van der Waals surface area contributed by atoms with Crippen molar-refractivity contribution in [3.8, 4) is 11.5 Å². The molecule has 2 aliphatic rings. The lowest BCUT2D eigenvalue weighted by Gasteiger charge is -2.42. The smallest absolute Gasteiger partial charge is 0.257 e. The number of nitrogens with zero attached hydrogens (tertiary/aromatic N) is 1. The Morgan fingerprint density at radius 1 is 1.15 bits per heavy atom. The Labute approximate surface area is 198 Å². The third kappa shape index (κ3) is 4.99. The third-order valence-electron chi connectivity index (χ3n) is 6.31. The van der Waals surface area contributed by atoms with Gasteiger partial charge in [-0.1, -0.05) is 0 Å². The normalized spacial score (nSPS) is 21.8. The van der Waals surface area contributed by atoms with Gasteiger partial charge in [-0.25, -0.2) is 0 Å². The lowest BCUT2D eigenvalue weighted by atomic mass is 9.94. The Morgan fingerprint density at radius 2 is 1.91 bits per heavy atom. The van der Waals surface area contributed by atoms with Crippen LogP contribution in [0.15, 0.2) is 42.5 Å². The molecule has 0 saturated carbocycles. The summed E-state index contributed by atoms with van der Waals surface area (Å²) < 4.78 is 17.2. The van der Waals surface area contributed by atoms with Gasteiger partial charge in [0.1, 0.15) is 24.2 Å².